The fourth-order valence-corrected chi connectivity index (χ4v) is 4.71. The van der Waals surface area contributed by atoms with E-state index in [9.17, 15) is 8.42 Å². The molecule has 0 saturated heterocycles. The predicted molar refractivity (Wildman–Crippen MR) is 83.6 cm³/mol. The lowest BCUT2D eigenvalue weighted by molar-refractivity contribution is 0.198. The average Bonchev–Trinajstić information content (AvgIpc) is 2.36. The molecule has 118 valence electrons. The van der Waals surface area contributed by atoms with Crippen LogP contribution in [0, 0.1) is 13.8 Å². The van der Waals surface area contributed by atoms with E-state index in [1.807, 2.05) is 6.92 Å². The molecule has 0 unspecified atom stereocenters. The number of aryl methyl sites for hydroxylation is 1. The molecule has 3 N–H and O–H groups in total. The van der Waals surface area contributed by atoms with E-state index in [1.165, 1.54) is 0 Å². The average molecular weight is 312 g/mol. The van der Waals surface area contributed by atoms with Gasteiger partial charge in [-0.3, -0.25) is 0 Å². The van der Waals surface area contributed by atoms with Crippen LogP contribution in [-0.4, -0.2) is 37.0 Å². The van der Waals surface area contributed by atoms with Crippen LogP contribution in [-0.2, 0) is 10.0 Å². The standard InChI is InChI=1S/C15H24N2O3S/c1-11-9-14(16)12(2)15(10-11)21(19,20)17(7-4-8-18)13-5-3-6-13/h9-10,13,18H,3-8,16H2,1-2H3. The molecule has 1 saturated carbocycles. The highest BCUT2D eigenvalue weighted by molar-refractivity contribution is 7.89. The fourth-order valence-electron chi connectivity index (χ4n) is 2.65. The first-order valence-corrected chi connectivity index (χ1v) is 8.81. The van der Waals surface area contributed by atoms with Crippen molar-refractivity contribution in [1.29, 1.82) is 0 Å². The third kappa shape index (κ3) is 3.22. The molecule has 0 heterocycles. The van der Waals surface area contributed by atoms with Crippen LogP contribution in [0.2, 0.25) is 0 Å². The Hall–Kier alpha value is -1.11. The maximum atomic E-state index is 13.0. The van der Waals surface area contributed by atoms with Gasteiger partial charge in [-0.25, -0.2) is 8.42 Å². The molecule has 1 aliphatic carbocycles. The molecule has 0 aromatic heterocycles. The largest absolute Gasteiger partial charge is 0.398 e. The minimum absolute atomic E-state index is 0.00627. The fraction of sp³-hybridized carbons (Fsp3) is 0.600. The normalized spacial score (nSPS) is 16.2. The van der Waals surface area contributed by atoms with Crippen molar-refractivity contribution in [3.63, 3.8) is 0 Å². The van der Waals surface area contributed by atoms with Gasteiger partial charge in [0.15, 0.2) is 0 Å². The number of anilines is 1. The maximum absolute atomic E-state index is 13.0. The zero-order chi connectivity index (χ0) is 15.6. The van der Waals surface area contributed by atoms with Gasteiger partial charge in [0.25, 0.3) is 0 Å². The number of sulfonamides is 1. The van der Waals surface area contributed by atoms with Gasteiger partial charge in [0.05, 0.1) is 4.90 Å². The second-order valence-electron chi connectivity index (χ2n) is 5.75. The zero-order valence-electron chi connectivity index (χ0n) is 12.7. The van der Waals surface area contributed by atoms with Crippen LogP contribution in [0.5, 0.6) is 0 Å². The number of aliphatic hydroxyl groups is 1. The highest BCUT2D eigenvalue weighted by Gasteiger charge is 2.35. The summed E-state index contributed by atoms with van der Waals surface area (Å²) in [6.45, 7) is 3.94. The van der Waals surface area contributed by atoms with E-state index in [2.05, 4.69) is 0 Å². The first-order chi connectivity index (χ1) is 9.87. The number of rotatable bonds is 6. The van der Waals surface area contributed by atoms with Crippen molar-refractivity contribution in [2.45, 2.75) is 50.5 Å². The van der Waals surface area contributed by atoms with Crippen molar-refractivity contribution < 1.29 is 13.5 Å². The molecule has 0 radical (unpaired) electrons. The predicted octanol–water partition coefficient (Wildman–Crippen LogP) is 1.81. The van der Waals surface area contributed by atoms with E-state index < -0.39 is 10.0 Å². The summed E-state index contributed by atoms with van der Waals surface area (Å²) in [7, 11) is -3.57. The van der Waals surface area contributed by atoms with Gasteiger partial charge in [-0.1, -0.05) is 6.42 Å². The first kappa shape index (κ1) is 16.3. The van der Waals surface area contributed by atoms with Gasteiger partial charge in [0.1, 0.15) is 0 Å². The number of nitrogens with two attached hydrogens (primary N) is 1. The van der Waals surface area contributed by atoms with E-state index in [4.69, 9.17) is 10.8 Å². The molecule has 21 heavy (non-hydrogen) atoms. The molecule has 1 aromatic rings. The van der Waals surface area contributed by atoms with Crippen molar-refractivity contribution in [2.75, 3.05) is 18.9 Å². The smallest absolute Gasteiger partial charge is 0.243 e. The molecule has 5 nitrogen and oxygen atoms in total. The molecular weight excluding hydrogens is 288 g/mol. The van der Waals surface area contributed by atoms with E-state index >= 15 is 0 Å². The summed E-state index contributed by atoms with van der Waals surface area (Å²) in [5.41, 5.74) is 7.87. The van der Waals surface area contributed by atoms with E-state index in [0.29, 0.717) is 29.1 Å². The van der Waals surface area contributed by atoms with Gasteiger partial charge in [-0.2, -0.15) is 4.31 Å². The number of nitrogens with zero attached hydrogens (tertiary/aromatic N) is 1. The second kappa shape index (κ2) is 6.34. The minimum atomic E-state index is -3.57. The summed E-state index contributed by atoms with van der Waals surface area (Å²) >= 11 is 0. The summed E-state index contributed by atoms with van der Waals surface area (Å²) in [6.07, 6.45) is 3.30. The molecule has 0 atom stereocenters. The highest BCUT2D eigenvalue weighted by Crippen LogP contribution is 2.32. The van der Waals surface area contributed by atoms with Crippen molar-refractivity contribution >= 4 is 15.7 Å². The second-order valence-corrected chi connectivity index (χ2v) is 7.61. The first-order valence-electron chi connectivity index (χ1n) is 7.37. The third-order valence-corrected chi connectivity index (χ3v) is 6.23. The molecule has 2 rings (SSSR count). The van der Waals surface area contributed by atoms with Crippen molar-refractivity contribution in [1.82, 2.24) is 4.31 Å². The van der Waals surface area contributed by atoms with Crippen LogP contribution in [0.4, 0.5) is 5.69 Å². The Morgan fingerprint density at radius 2 is 2.00 bits per heavy atom. The van der Waals surface area contributed by atoms with Crippen LogP contribution in [0.3, 0.4) is 0 Å². The monoisotopic (exact) mass is 312 g/mol. The number of hydrogen-bond acceptors (Lipinski definition) is 4. The van der Waals surface area contributed by atoms with E-state index in [1.54, 1.807) is 23.4 Å². The Balaban J connectivity index is 2.42. The topological polar surface area (TPSA) is 83.6 Å². The van der Waals surface area contributed by atoms with Gasteiger partial charge >= 0.3 is 0 Å². The Morgan fingerprint density at radius 1 is 1.33 bits per heavy atom. The molecule has 0 amide bonds. The molecular formula is C15H24N2O3S. The van der Waals surface area contributed by atoms with Crippen molar-refractivity contribution in [3.05, 3.63) is 23.3 Å². The number of benzene rings is 1. The van der Waals surface area contributed by atoms with Crippen LogP contribution in [0.25, 0.3) is 0 Å². The molecule has 1 aliphatic rings. The van der Waals surface area contributed by atoms with Gasteiger partial charge in [0, 0.05) is 24.9 Å². The zero-order valence-corrected chi connectivity index (χ0v) is 13.5. The van der Waals surface area contributed by atoms with Crippen LogP contribution in [0.15, 0.2) is 17.0 Å². The quantitative estimate of drug-likeness (QED) is 0.785. The Morgan fingerprint density at radius 3 is 2.52 bits per heavy atom. The summed E-state index contributed by atoms with van der Waals surface area (Å²) in [4.78, 5) is 0.296. The Kier molecular flexibility index (Phi) is 4.91. The molecule has 0 spiro atoms. The summed E-state index contributed by atoms with van der Waals surface area (Å²) < 4.78 is 27.5. The Bertz CT molecular complexity index is 610. The summed E-state index contributed by atoms with van der Waals surface area (Å²) in [5, 5.41) is 9.03. The van der Waals surface area contributed by atoms with Crippen molar-refractivity contribution in [2.24, 2.45) is 0 Å². The SMILES string of the molecule is Cc1cc(N)c(C)c(S(=O)(=O)N(CCCO)C2CCC2)c1. The molecule has 6 heteroatoms. The van der Waals surface area contributed by atoms with Crippen LogP contribution in [0.1, 0.15) is 36.8 Å². The molecule has 0 bridgehead atoms. The van der Waals surface area contributed by atoms with E-state index in [-0.39, 0.29) is 12.6 Å². The number of nitrogen functional groups attached to an aromatic ring is 1. The van der Waals surface area contributed by atoms with Crippen molar-refractivity contribution in [3.8, 4) is 0 Å². The lowest BCUT2D eigenvalue weighted by Gasteiger charge is -2.36. The van der Waals surface area contributed by atoms with Crippen LogP contribution >= 0.6 is 0 Å². The lowest BCUT2D eigenvalue weighted by Crippen LogP contribution is -2.45. The molecule has 1 aromatic carbocycles. The number of hydrogen-bond donors (Lipinski definition) is 2. The third-order valence-electron chi connectivity index (χ3n) is 4.15. The highest BCUT2D eigenvalue weighted by atomic mass is 32.2. The van der Waals surface area contributed by atoms with Gasteiger partial charge < -0.3 is 10.8 Å². The number of aliphatic hydroxyl groups excluding tert-OH is 1. The summed E-state index contributed by atoms with van der Waals surface area (Å²) in [6, 6.07) is 3.53. The Labute approximate surface area is 126 Å². The minimum Gasteiger partial charge on any atom is -0.398 e. The molecule has 0 aliphatic heterocycles. The summed E-state index contributed by atoms with van der Waals surface area (Å²) in [5.74, 6) is 0. The maximum Gasteiger partial charge on any atom is 0.243 e. The van der Waals surface area contributed by atoms with Gasteiger partial charge in [0.2, 0.25) is 10.0 Å². The van der Waals surface area contributed by atoms with E-state index in [0.717, 1.165) is 24.8 Å². The lowest BCUT2D eigenvalue weighted by atomic mass is 9.93. The molecule has 1 fully saturated rings. The van der Waals surface area contributed by atoms with Gasteiger partial charge in [-0.05, 0) is 56.4 Å². The van der Waals surface area contributed by atoms with Crippen LogP contribution < -0.4 is 5.73 Å². The van der Waals surface area contributed by atoms with Gasteiger partial charge in [-0.15, -0.1) is 0 Å².